The number of hydrogen-bond donors (Lipinski definition) is 1. The lowest BCUT2D eigenvalue weighted by atomic mass is 10.00. The molecule has 3 rings (SSSR count). The topological polar surface area (TPSA) is 16.4 Å². The van der Waals surface area contributed by atoms with E-state index in [1.165, 1.54) is 16.3 Å². The Bertz CT molecular complexity index is 1010. The molecule has 0 spiro atoms. The molecule has 26 heavy (non-hydrogen) atoms. The Morgan fingerprint density at radius 2 is 1.81 bits per heavy atom. The fourth-order valence-electron chi connectivity index (χ4n) is 2.84. The third-order valence-corrected chi connectivity index (χ3v) is 4.25. The van der Waals surface area contributed by atoms with Crippen LogP contribution >= 0.6 is 0 Å². The smallest absolute Gasteiger partial charge is 0.187 e. The third kappa shape index (κ3) is 4.39. The van der Waals surface area contributed by atoms with Gasteiger partial charge in [0, 0.05) is 18.2 Å². The SMILES string of the molecule is [C-]#[N+]c1ccc(C#C/C=C/CN[C@H](C)c2cccc3ccccc23)cc1. The molecule has 0 amide bonds. The predicted octanol–water partition coefficient (Wildman–Crippen LogP) is 5.65. The van der Waals surface area contributed by atoms with Gasteiger partial charge >= 0.3 is 0 Å². The second-order valence-electron chi connectivity index (χ2n) is 6.03. The average molecular weight is 336 g/mol. The number of nitrogens with one attached hydrogen (secondary N) is 1. The highest BCUT2D eigenvalue weighted by Crippen LogP contribution is 2.23. The zero-order valence-corrected chi connectivity index (χ0v) is 14.7. The maximum Gasteiger partial charge on any atom is 0.187 e. The van der Waals surface area contributed by atoms with Gasteiger partial charge in [0.05, 0.1) is 6.57 Å². The summed E-state index contributed by atoms with van der Waals surface area (Å²) in [5, 5.41) is 6.08. The summed E-state index contributed by atoms with van der Waals surface area (Å²) in [4.78, 5) is 3.37. The van der Waals surface area contributed by atoms with Gasteiger partial charge in [-0.05, 0) is 29.3 Å². The first-order chi connectivity index (χ1) is 12.8. The zero-order valence-electron chi connectivity index (χ0n) is 14.7. The van der Waals surface area contributed by atoms with Crippen molar-refractivity contribution in [1.29, 1.82) is 0 Å². The highest BCUT2D eigenvalue weighted by molar-refractivity contribution is 5.86. The van der Waals surface area contributed by atoms with Crippen LogP contribution in [0, 0.1) is 18.4 Å². The summed E-state index contributed by atoms with van der Waals surface area (Å²) in [5.74, 6) is 6.11. The summed E-state index contributed by atoms with van der Waals surface area (Å²) in [6, 6.07) is 22.5. The minimum Gasteiger partial charge on any atom is -0.307 e. The molecule has 0 radical (unpaired) electrons. The van der Waals surface area contributed by atoms with E-state index in [4.69, 9.17) is 6.57 Å². The Morgan fingerprint density at radius 1 is 1.04 bits per heavy atom. The Morgan fingerprint density at radius 3 is 2.62 bits per heavy atom. The molecular weight excluding hydrogens is 316 g/mol. The number of benzene rings is 3. The lowest BCUT2D eigenvalue weighted by Gasteiger charge is -2.15. The van der Waals surface area contributed by atoms with Crippen LogP contribution in [0.5, 0.6) is 0 Å². The molecule has 0 saturated heterocycles. The molecular formula is C24H20N2. The fraction of sp³-hybridized carbons (Fsp3) is 0.125. The van der Waals surface area contributed by atoms with E-state index in [9.17, 15) is 0 Å². The Labute approximate surface area is 155 Å². The van der Waals surface area contributed by atoms with Crippen molar-refractivity contribution in [3.63, 3.8) is 0 Å². The van der Waals surface area contributed by atoms with Crippen molar-refractivity contribution in [2.75, 3.05) is 6.54 Å². The van der Waals surface area contributed by atoms with Gasteiger partial charge in [0.2, 0.25) is 0 Å². The summed E-state index contributed by atoms with van der Waals surface area (Å²) in [6.07, 6.45) is 3.90. The van der Waals surface area contributed by atoms with Crippen molar-refractivity contribution in [2.45, 2.75) is 13.0 Å². The van der Waals surface area contributed by atoms with Crippen molar-refractivity contribution in [2.24, 2.45) is 0 Å². The van der Waals surface area contributed by atoms with Crippen LogP contribution < -0.4 is 5.32 Å². The Balaban J connectivity index is 1.56. The summed E-state index contributed by atoms with van der Waals surface area (Å²) in [5.41, 5.74) is 2.86. The van der Waals surface area contributed by atoms with Crippen LogP contribution in [0.4, 0.5) is 5.69 Å². The molecule has 0 fully saturated rings. The summed E-state index contributed by atoms with van der Waals surface area (Å²) >= 11 is 0. The Kier molecular flexibility index (Phi) is 5.84. The highest BCUT2D eigenvalue weighted by Gasteiger charge is 2.07. The van der Waals surface area contributed by atoms with Gasteiger partial charge in [0.15, 0.2) is 5.69 Å². The monoisotopic (exact) mass is 336 g/mol. The van der Waals surface area contributed by atoms with Crippen LogP contribution in [0.25, 0.3) is 15.6 Å². The lowest BCUT2D eigenvalue weighted by Crippen LogP contribution is -2.18. The van der Waals surface area contributed by atoms with Gasteiger partial charge in [0.25, 0.3) is 0 Å². The van der Waals surface area contributed by atoms with E-state index < -0.39 is 0 Å². The van der Waals surface area contributed by atoms with E-state index in [0.717, 1.165) is 12.1 Å². The van der Waals surface area contributed by atoms with Crippen LogP contribution in [0.2, 0.25) is 0 Å². The van der Waals surface area contributed by atoms with Crippen molar-refractivity contribution in [3.05, 3.63) is 101 Å². The van der Waals surface area contributed by atoms with Gasteiger partial charge in [-0.25, -0.2) is 4.85 Å². The lowest BCUT2D eigenvalue weighted by molar-refractivity contribution is 0.621. The van der Waals surface area contributed by atoms with Crippen molar-refractivity contribution >= 4 is 16.5 Å². The molecule has 1 atom stereocenters. The van der Waals surface area contributed by atoms with Gasteiger partial charge in [-0.1, -0.05) is 84.6 Å². The molecule has 2 nitrogen and oxygen atoms in total. The van der Waals surface area contributed by atoms with Crippen molar-refractivity contribution < 1.29 is 0 Å². The largest absolute Gasteiger partial charge is 0.307 e. The molecule has 0 saturated carbocycles. The molecule has 0 aliphatic rings. The second-order valence-corrected chi connectivity index (χ2v) is 6.03. The van der Waals surface area contributed by atoms with E-state index in [1.807, 2.05) is 24.3 Å². The molecule has 3 aromatic carbocycles. The number of fused-ring (bicyclic) bond motifs is 1. The molecule has 0 aromatic heterocycles. The maximum atomic E-state index is 6.94. The minimum absolute atomic E-state index is 0.264. The van der Waals surface area contributed by atoms with Crippen molar-refractivity contribution in [1.82, 2.24) is 5.32 Å². The number of nitrogens with zero attached hydrogens (tertiary/aromatic N) is 1. The van der Waals surface area contributed by atoms with E-state index >= 15 is 0 Å². The molecule has 0 aliphatic heterocycles. The summed E-state index contributed by atoms with van der Waals surface area (Å²) in [6.45, 7) is 9.88. The van der Waals surface area contributed by atoms with Gasteiger partial charge < -0.3 is 5.32 Å². The van der Waals surface area contributed by atoms with Gasteiger partial charge in [-0.2, -0.15) is 0 Å². The molecule has 2 heteroatoms. The van der Waals surface area contributed by atoms with Gasteiger partial charge in [-0.3, -0.25) is 0 Å². The summed E-state index contributed by atoms with van der Waals surface area (Å²) < 4.78 is 0. The first-order valence-corrected chi connectivity index (χ1v) is 8.63. The van der Waals surface area contributed by atoms with Crippen LogP contribution in [0.1, 0.15) is 24.1 Å². The normalized spacial score (nSPS) is 11.7. The first-order valence-electron chi connectivity index (χ1n) is 8.63. The van der Waals surface area contributed by atoms with E-state index in [0.29, 0.717) is 5.69 Å². The predicted molar refractivity (Wildman–Crippen MR) is 109 cm³/mol. The molecule has 0 aliphatic carbocycles. The molecule has 0 bridgehead atoms. The van der Waals surface area contributed by atoms with Crippen molar-refractivity contribution in [3.8, 4) is 11.8 Å². The second kappa shape index (κ2) is 8.67. The van der Waals surface area contributed by atoms with Crippen LogP contribution in [0.15, 0.2) is 78.9 Å². The summed E-state index contributed by atoms with van der Waals surface area (Å²) in [7, 11) is 0. The van der Waals surface area contributed by atoms with E-state index in [-0.39, 0.29) is 6.04 Å². The standard InChI is InChI=1S/C24H20N2/c1-19(23-13-8-11-21-10-5-6-12-24(21)23)26-18-7-3-4-9-20-14-16-22(25-2)17-15-20/h3,5-8,10-17,19,26H,18H2,1H3/b7-3+/t19-/m1/s1. The molecule has 0 heterocycles. The Hall–Kier alpha value is -3.33. The van der Waals surface area contributed by atoms with Crippen LogP contribution in [0.3, 0.4) is 0 Å². The fourth-order valence-corrected chi connectivity index (χ4v) is 2.84. The minimum atomic E-state index is 0.264. The number of allylic oxidation sites excluding steroid dienone is 1. The van der Waals surface area contributed by atoms with Gasteiger partial charge in [0.1, 0.15) is 0 Å². The van der Waals surface area contributed by atoms with Crippen LogP contribution in [-0.2, 0) is 0 Å². The quantitative estimate of drug-likeness (QED) is 0.481. The maximum absolute atomic E-state index is 6.94. The van der Waals surface area contributed by atoms with E-state index in [2.05, 4.69) is 71.4 Å². The molecule has 3 aromatic rings. The molecule has 0 unspecified atom stereocenters. The van der Waals surface area contributed by atoms with E-state index in [1.54, 1.807) is 12.1 Å². The average Bonchev–Trinajstić information content (AvgIpc) is 2.70. The number of hydrogen-bond acceptors (Lipinski definition) is 1. The highest BCUT2D eigenvalue weighted by atomic mass is 14.9. The third-order valence-electron chi connectivity index (χ3n) is 4.25. The van der Waals surface area contributed by atoms with Gasteiger partial charge in [-0.15, -0.1) is 0 Å². The first kappa shape index (κ1) is 17.5. The van der Waals surface area contributed by atoms with Crippen LogP contribution in [-0.4, -0.2) is 6.54 Å². The molecule has 1 N–H and O–H groups in total. The number of rotatable bonds is 4. The molecule has 126 valence electrons. The zero-order chi connectivity index (χ0) is 18.2.